The highest BCUT2D eigenvalue weighted by molar-refractivity contribution is 5.35. The number of hydrogen-bond donors (Lipinski definition) is 0. The zero-order valence-electron chi connectivity index (χ0n) is 9.93. The van der Waals surface area contributed by atoms with Gasteiger partial charge in [0.25, 0.3) is 0 Å². The van der Waals surface area contributed by atoms with Gasteiger partial charge in [0.05, 0.1) is 0 Å². The monoisotopic (exact) mass is 190 g/mol. The molecule has 0 heterocycles. The Labute approximate surface area is 88.4 Å². The van der Waals surface area contributed by atoms with Gasteiger partial charge in [-0.25, -0.2) is 0 Å². The molecule has 1 aliphatic rings. The molecule has 0 radical (unpaired) electrons. The highest BCUT2D eigenvalue weighted by Crippen LogP contribution is 2.36. The van der Waals surface area contributed by atoms with Gasteiger partial charge in [-0.15, -0.1) is 0 Å². The predicted octanol–water partition coefficient (Wildman–Crippen LogP) is 4.33. The van der Waals surface area contributed by atoms with Crippen molar-refractivity contribution in [2.75, 3.05) is 0 Å². The van der Waals surface area contributed by atoms with Crippen LogP contribution in [0.3, 0.4) is 0 Å². The molecule has 0 saturated carbocycles. The smallest absolute Gasteiger partial charge is 0.0101 e. The fraction of sp³-hybridized carbons (Fsp3) is 0.571. The lowest BCUT2D eigenvalue weighted by Gasteiger charge is -2.32. The molecule has 14 heavy (non-hydrogen) atoms. The second-order valence-corrected chi connectivity index (χ2v) is 4.39. The number of fused-ring (bicyclic) bond motifs is 1. The van der Waals surface area contributed by atoms with Gasteiger partial charge in [-0.05, 0) is 35.8 Å². The van der Waals surface area contributed by atoms with Gasteiger partial charge in [0.1, 0.15) is 0 Å². The lowest BCUT2D eigenvalue weighted by atomic mass is 9.73. The van der Waals surface area contributed by atoms with Crippen LogP contribution < -0.4 is 0 Å². The number of benzene rings is 1. The third-order valence-electron chi connectivity index (χ3n) is 2.99. The number of rotatable bonds is 0. The highest BCUT2D eigenvalue weighted by atomic mass is 14.3. The third kappa shape index (κ3) is 2.17. The first kappa shape index (κ1) is 11.3. The van der Waals surface area contributed by atoms with Gasteiger partial charge >= 0.3 is 0 Å². The summed E-state index contributed by atoms with van der Waals surface area (Å²) in [6.45, 7) is 8.70. The van der Waals surface area contributed by atoms with Gasteiger partial charge < -0.3 is 0 Å². The highest BCUT2D eigenvalue weighted by Gasteiger charge is 2.26. The summed E-state index contributed by atoms with van der Waals surface area (Å²) in [5, 5.41) is 0. The molecule has 0 aromatic heterocycles. The Morgan fingerprint density at radius 3 is 2.36 bits per heavy atom. The quantitative estimate of drug-likeness (QED) is 0.571. The average Bonchev–Trinajstić information content (AvgIpc) is 2.21. The second kappa shape index (κ2) is 4.63. The maximum Gasteiger partial charge on any atom is -0.0101 e. The molecule has 1 aliphatic carbocycles. The minimum Gasteiger partial charge on any atom is -0.0683 e. The van der Waals surface area contributed by atoms with E-state index in [2.05, 4.69) is 38.1 Å². The van der Waals surface area contributed by atoms with Crippen molar-refractivity contribution in [1.82, 2.24) is 0 Å². The van der Waals surface area contributed by atoms with Crippen LogP contribution >= 0.6 is 0 Å². The Hall–Kier alpha value is -0.780. The van der Waals surface area contributed by atoms with Crippen molar-refractivity contribution >= 4 is 0 Å². The molecule has 0 unspecified atom stereocenters. The van der Waals surface area contributed by atoms with Crippen molar-refractivity contribution in [1.29, 1.82) is 0 Å². The van der Waals surface area contributed by atoms with Gasteiger partial charge in [-0.3, -0.25) is 0 Å². The first-order valence-electron chi connectivity index (χ1n) is 5.78. The molecule has 0 bridgehead atoms. The van der Waals surface area contributed by atoms with Gasteiger partial charge in [-0.1, -0.05) is 52.0 Å². The van der Waals surface area contributed by atoms with E-state index in [1.54, 1.807) is 11.1 Å². The van der Waals surface area contributed by atoms with Crippen molar-refractivity contribution in [2.45, 2.75) is 52.4 Å². The number of aryl methyl sites for hydroxylation is 1. The molecule has 0 aliphatic heterocycles. The number of hydrogen-bond acceptors (Lipinski definition) is 0. The third-order valence-corrected chi connectivity index (χ3v) is 2.99. The van der Waals surface area contributed by atoms with Crippen LogP contribution in [0.1, 0.15) is 51.7 Å². The van der Waals surface area contributed by atoms with Crippen LogP contribution in [0.2, 0.25) is 0 Å². The molecular weight excluding hydrogens is 168 g/mol. The summed E-state index contributed by atoms with van der Waals surface area (Å²) in [6, 6.07) is 8.87. The van der Waals surface area contributed by atoms with E-state index < -0.39 is 0 Å². The van der Waals surface area contributed by atoms with Gasteiger partial charge in [-0.2, -0.15) is 0 Å². The van der Waals surface area contributed by atoms with E-state index in [9.17, 15) is 0 Å². The van der Waals surface area contributed by atoms with E-state index >= 15 is 0 Å². The standard InChI is InChI=1S/C12H16.C2H6/c1-12(2)9-5-7-10-6-3-4-8-11(10)12;1-2/h3-4,6,8H,5,7,9H2,1-2H3;1-2H3. The lowest BCUT2D eigenvalue weighted by Crippen LogP contribution is -2.23. The van der Waals surface area contributed by atoms with Crippen LogP contribution in [0.4, 0.5) is 0 Å². The summed E-state index contributed by atoms with van der Waals surface area (Å²) in [5.41, 5.74) is 3.54. The topological polar surface area (TPSA) is 0 Å². The first-order valence-corrected chi connectivity index (χ1v) is 5.78. The minimum absolute atomic E-state index is 0.412. The summed E-state index contributed by atoms with van der Waals surface area (Å²) in [4.78, 5) is 0. The van der Waals surface area contributed by atoms with E-state index in [1.807, 2.05) is 13.8 Å². The second-order valence-electron chi connectivity index (χ2n) is 4.39. The predicted molar refractivity (Wildman–Crippen MR) is 63.8 cm³/mol. The van der Waals surface area contributed by atoms with Crippen molar-refractivity contribution in [3.05, 3.63) is 35.4 Å². The molecule has 0 heteroatoms. The molecule has 0 spiro atoms. The van der Waals surface area contributed by atoms with E-state index in [0.717, 1.165) is 0 Å². The van der Waals surface area contributed by atoms with Gasteiger partial charge in [0.15, 0.2) is 0 Å². The molecule has 0 amide bonds. The molecular formula is C14H22. The fourth-order valence-electron chi connectivity index (χ4n) is 2.25. The van der Waals surface area contributed by atoms with Gasteiger partial charge in [0.2, 0.25) is 0 Å². The maximum absolute atomic E-state index is 2.35. The molecule has 0 atom stereocenters. The zero-order chi connectivity index (χ0) is 10.6. The van der Waals surface area contributed by atoms with Crippen LogP contribution in [0.25, 0.3) is 0 Å². The van der Waals surface area contributed by atoms with Crippen LogP contribution in [-0.4, -0.2) is 0 Å². The Bertz CT molecular complexity index is 284. The SMILES string of the molecule is CC.CC1(C)CCCc2ccccc21. The minimum atomic E-state index is 0.412. The van der Waals surface area contributed by atoms with Crippen molar-refractivity contribution in [2.24, 2.45) is 0 Å². The molecule has 1 aromatic rings. The molecule has 1 aromatic carbocycles. The van der Waals surface area contributed by atoms with Crippen LogP contribution in [0, 0.1) is 0 Å². The van der Waals surface area contributed by atoms with Crippen LogP contribution in [0.5, 0.6) is 0 Å². The Balaban J connectivity index is 0.000000461. The van der Waals surface area contributed by atoms with Crippen molar-refractivity contribution in [3.63, 3.8) is 0 Å². The van der Waals surface area contributed by atoms with E-state index in [0.29, 0.717) is 5.41 Å². The van der Waals surface area contributed by atoms with Crippen LogP contribution in [0.15, 0.2) is 24.3 Å². The summed E-state index contributed by atoms with van der Waals surface area (Å²) in [5.74, 6) is 0. The maximum atomic E-state index is 2.35. The van der Waals surface area contributed by atoms with Gasteiger partial charge in [0, 0.05) is 0 Å². The average molecular weight is 190 g/mol. The zero-order valence-corrected chi connectivity index (χ0v) is 9.93. The lowest BCUT2D eigenvalue weighted by molar-refractivity contribution is 0.432. The van der Waals surface area contributed by atoms with E-state index in [1.165, 1.54) is 19.3 Å². The normalized spacial score (nSPS) is 17.7. The van der Waals surface area contributed by atoms with E-state index in [-0.39, 0.29) is 0 Å². The first-order chi connectivity index (χ1) is 6.70. The summed E-state index contributed by atoms with van der Waals surface area (Å²) < 4.78 is 0. The Morgan fingerprint density at radius 2 is 1.71 bits per heavy atom. The van der Waals surface area contributed by atoms with Crippen molar-refractivity contribution < 1.29 is 0 Å². The Kier molecular flexibility index (Phi) is 3.74. The molecule has 0 nitrogen and oxygen atoms in total. The summed E-state index contributed by atoms with van der Waals surface area (Å²) in [7, 11) is 0. The molecule has 0 saturated heterocycles. The summed E-state index contributed by atoms with van der Waals surface area (Å²) in [6.07, 6.45) is 3.97. The van der Waals surface area contributed by atoms with Crippen LogP contribution in [-0.2, 0) is 11.8 Å². The molecule has 0 N–H and O–H groups in total. The molecule has 78 valence electrons. The van der Waals surface area contributed by atoms with E-state index in [4.69, 9.17) is 0 Å². The fourth-order valence-corrected chi connectivity index (χ4v) is 2.25. The summed E-state index contributed by atoms with van der Waals surface area (Å²) >= 11 is 0. The van der Waals surface area contributed by atoms with Crippen molar-refractivity contribution in [3.8, 4) is 0 Å². The largest absolute Gasteiger partial charge is 0.0683 e. The molecule has 0 fully saturated rings. The molecule has 2 rings (SSSR count). The Morgan fingerprint density at radius 1 is 1.07 bits per heavy atom.